The highest BCUT2D eigenvalue weighted by Gasteiger charge is 2.50. The molecule has 138 valence electrons. The summed E-state index contributed by atoms with van der Waals surface area (Å²) in [6.45, 7) is 0.265. The summed E-state index contributed by atoms with van der Waals surface area (Å²) in [4.78, 5) is 0. The molecule has 0 aliphatic heterocycles. The van der Waals surface area contributed by atoms with E-state index in [1.54, 1.807) is 0 Å². The highest BCUT2D eigenvalue weighted by atomic mass is 79.9. The minimum absolute atomic E-state index is 0.130. The maximum atomic E-state index is 13.8. The van der Waals surface area contributed by atoms with Crippen molar-refractivity contribution in [1.82, 2.24) is 5.32 Å². The van der Waals surface area contributed by atoms with Gasteiger partial charge in [0, 0.05) is 16.6 Å². The summed E-state index contributed by atoms with van der Waals surface area (Å²) >= 11 is 3.03. The van der Waals surface area contributed by atoms with Gasteiger partial charge in [0.1, 0.15) is 12.7 Å². The molecule has 6 heteroatoms. The number of hydrogen-bond acceptors (Lipinski definition) is 3. The average Bonchev–Trinajstić information content (AvgIpc) is 2.50. The molecule has 5 rings (SSSR count). The van der Waals surface area contributed by atoms with Gasteiger partial charge >= 0.3 is 0 Å². The van der Waals surface area contributed by atoms with Crippen molar-refractivity contribution < 1.29 is 18.6 Å². The van der Waals surface area contributed by atoms with Crippen LogP contribution < -0.4 is 10.1 Å². The number of β-amino-alcohol motifs (C(OH)–C–C–N with tert-alkyl or cyclic N) is 1. The molecule has 0 saturated heterocycles. The molecule has 0 spiro atoms. The fourth-order valence-corrected chi connectivity index (χ4v) is 5.97. The first-order valence-corrected chi connectivity index (χ1v) is 9.92. The van der Waals surface area contributed by atoms with Crippen molar-refractivity contribution in [2.75, 3.05) is 13.2 Å². The number of benzene rings is 1. The zero-order valence-corrected chi connectivity index (χ0v) is 15.7. The van der Waals surface area contributed by atoms with Gasteiger partial charge in [-0.05, 0) is 68.4 Å². The van der Waals surface area contributed by atoms with Crippen LogP contribution in [-0.2, 0) is 0 Å². The van der Waals surface area contributed by atoms with E-state index in [0.717, 1.165) is 29.9 Å². The molecule has 4 saturated carbocycles. The number of nitrogens with one attached hydrogen (secondary N) is 1. The van der Waals surface area contributed by atoms with E-state index >= 15 is 0 Å². The van der Waals surface area contributed by atoms with Crippen molar-refractivity contribution in [3.63, 3.8) is 0 Å². The lowest BCUT2D eigenvalue weighted by atomic mass is 9.53. The normalized spacial score (nSPS) is 34.3. The summed E-state index contributed by atoms with van der Waals surface area (Å²) < 4.78 is 33.0. The molecule has 3 nitrogen and oxygen atoms in total. The lowest BCUT2D eigenvalue weighted by Crippen LogP contribution is -2.59. The number of aliphatic hydroxyl groups is 1. The lowest BCUT2D eigenvalue weighted by molar-refractivity contribution is -0.0268. The first-order valence-electron chi connectivity index (χ1n) is 9.13. The van der Waals surface area contributed by atoms with E-state index in [-0.39, 0.29) is 12.1 Å². The Bertz CT molecular complexity index is 596. The van der Waals surface area contributed by atoms with Gasteiger partial charge in [-0.3, -0.25) is 0 Å². The third kappa shape index (κ3) is 3.71. The molecule has 1 atom stereocenters. The summed E-state index contributed by atoms with van der Waals surface area (Å²) in [5, 5.41) is 13.8. The Balaban J connectivity index is 1.31. The summed E-state index contributed by atoms with van der Waals surface area (Å²) in [5.41, 5.74) is 0.157. The Morgan fingerprint density at radius 1 is 1.12 bits per heavy atom. The smallest absolute Gasteiger partial charge is 0.190 e. The molecule has 0 heterocycles. The Hall–Kier alpha value is -0.720. The highest BCUT2D eigenvalue weighted by Crippen LogP contribution is 2.55. The van der Waals surface area contributed by atoms with E-state index in [1.807, 2.05) is 0 Å². The maximum absolute atomic E-state index is 13.8. The van der Waals surface area contributed by atoms with E-state index in [1.165, 1.54) is 38.5 Å². The zero-order valence-electron chi connectivity index (χ0n) is 14.1. The van der Waals surface area contributed by atoms with E-state index < -0.39 is 23.5 Å². The molecule has 4 aliphatic rings. The SMILES string of the molecule is OC(CNC12CC3CC(CC(C3)C1)C2)COc1c(F)cc(Br)cc1F. The molecule has 1 aromatic rings. The van der Waals surface area contributed by atoms with Crippen molar-refractivity contribution in [2.45, 2.75) is 50.2 Å². The minimum atomic E-state index is -0.796. The topological polar surface area (TPSA) is 41.5 Å². The average molecular weight is 416 g/mol. The molecular weight excluding hydrogens is 392 g/mol. The van der Waals surface area contributed by atoms with Crippen LogP contribution in [0.2, 0.25) is 0 Å². The molecule has 0 radical (unpaired) electrons. The number of ether oxygens (including phenoxy) is 1. The van der Waals surface area contributed by atoms with Gasteiger partial charge in [-0.25, -0.2) is 8.78 Å². The maximum Gasteiger partial charge on any atom is 0.190 e. The van der Waals surface area contributed by atoms with Crippen LogP contribution >= 0.6 is 15.9 Å². The van der Waals surface area contributed by atoms with E-state index in [4.69, 9.17) is 4.74 Å². The van der Waals surface area contributed by atoms with Gasteiger partial charge in [-0.2, -0.15) is 0 Å². The molecule has 0 aromatic heterocycles. The van der Waals surface area contributed by atoms with E-state index in [0.29, 0.717) is 11.0 Å². The molecular formula is C19H24BrF2NO2. The first-order chi connectivity index (χ1) is 11.9. The summed E-state index contributed by atoms with van der Waals surface area (Å²) in [5.74, 6) is 0.521. The fourth-order valence-electron chi connectivity index (χ4n) is 5.57. The van der Waals surface area contributed by atoms with Crippen molar-refractivity contribution in [3.05, 3.63) is 28.2 Å². The molecule has 1 aromatic carbocycles. The molecule has 4 bridgehead atoms. The second-order valence-electron chi connectivity index (χ2n) is 8.24. The Morgan fingerprint density at radius 2 is 1.64 bits per heavy atom. The van der Waals surface area contributed by atoms with Crippen LogP contribution in [0, 0.1) is 29.4 Å². The van der Waals surface area contributed by atoms with Crippen molar-refractivity contribution in [3.8, 4) is 5.75 Å². The quantitative estimate of drug-likeness (QED) is 0.736. The van der Waals surface area contributed by atoms with Crippen LogP contribution in [0.4, 0.5) is 8.78 Å². The number of rotatable bonds is 6. The predicted molar refractivity (Wildman–Crippen MR) is 94.5 cm³/mol. The third-order valence-corrected chi connectivity index (χ3v) is 6.59. The summed E-state index contributed by atoms with van der Waals surface area (Å²) in [6, 6.07) is 2.30. The second kappa shape index (κ2) is 6.78. The van der Waals surface area contributed by atoms with Gasteiger partial charge in [0.25, 0.3) is 0 Å². The lowest BCUT2D eigenvalue weighted by Gasteiger charge is -2.57. The van der Waals surface area contributed by atoms with Gasteiger partial charge in [0.2, 0.25) is 0 Å². The van der Waals surface area contributed by atoms with Crippen LogP contribution in [0.1, 0.15) is 38.5 Å². The number of aliphatic hydroxyl groups excluding tert-OH is 1. The van der Waals surface area contributed by atoms with Crippen molar-refractivity contribution >= 4 is 15.9 Å². The molecule has 4 fully saturated rings. The summed E-state index contributed by atoms with van der Waals surface area (Å²) in [6.07, 6.45) is 6.90. The van der Waals surface area contributed by atoms with Crippen LogP contribution in [0.3, 0.4) is 0 Å². The van der Waals surface area contributed by atoms with Crippen LogP contribution in [0.25, 0.3) is 0 Å². The zero-order chi connectivity index (χ0) is 17.6. The molecule has 25 heavy (non-hydrogen) atoms. The largest absolute Gasteiger partial charge is 0.485 e. The van der Waals surface area contributed by atoms with Crippen LogP contribution in [0.15, 0.2) is 16.6 Å². The van der Waals surface area contributed by atoms with Crippen LogP contribution in [-0.4, -0.2) is 29.9 Å². The van der Waals surface area contributed by atoms with Gasteiger partial charge in [0.05, 0.1) is 0 Å². The Labute approximate surface area is 155 Å². The van der Waals surface area contributed by atoms with E-state index in [9.17, 15) is 13.9 Å². The van der Waals surface area contributed by atoms with Crippen molar-refractivity contribution in [1.29, 1.82) is 0 Å². The van der Waals surface area contributed by atoms with Gasteiger partial charge in [0.15, 0.2) is 17.4 Å². The second-order valence-corrected chi connectivity index (χ2v) is 9.16. The van der Waals surface area contributed by atoms with Gasteiger partial charge in [-0.15, -0.1) is 0 Å². The molecule has 4 aliphatic carbocycles. The third-order valence-electron chi connectivity index (χ3n) is 6.13. The first kappa shape index (κ1) is 17.7. The monoisotopic (exact) mass is 415 g/mol. The number of hydrogen-bond donors (Lipinski definition) is 2. The Morgan fingerprint density at radius 3 is 2.16 bits per heavy atom. The highest BCUT2D eigenvalue weighted by molar-refractivity contribution is 9.10. The standard InChI is InChI=1S/C19H24BrF2NO2/c20-14-4-16(21)18(17(22)5-14)25-10-15(24)9-23-19-6-11-1-12(7-19)3-13(2-11)8-19/h4-5,11-13,15,23-24H,1-3,6-10H2. The summed E-state index contributed by atoms with van der Waals surface area (Å²) in [7, 11) is 0. The molecule has 0 amide bonds. The molecule has 1 unspecified atom stereocenters. The van der Waals surface area contributed by atoms with Crippen molar-refractivity contribution in [2.24, 2.45) is 17.8 Å². The van der Waals surface area contributed by atoms with Gasteiger partial charge < -0.3 is 15.2 Å². The predicted octanol–water partition coefficient (Wildman–Crippen LogP) is 4.03. The minimum Gasteiger partial charge on any atom is -0.485 e. The van der Waals surface area contributed by atoms with E-state index in [2.05, 4.69) is 21.2 Å². The number of halogens is 3. The molecule has 2 N–H and O–H groups in total. The Kier molecular flexibility index (Phi) is 4.80. The fraction of sp³-hybridized carbons (Fsp3) is 0.684. The van der Waals surface area contributed by atoms with Crippen LogP contribution in [0.5, 0.6) is 5.75 Å². The van der Waals surface area contributed by atoms with Gasteiger partial charge in [-0.1, -0.05) is 15.9 Å².